The Labute approximate surface area is 204 Å². The Morgan fingerprint density at radius 2 is 1.74 bits per heavy atom. The lowest BCUT2D eigenvalue weighted by Gasteiger charge is -2.20. The van der Waals surface area contributed by atoms with Gasteiger partial charge in [0.05, 0.1) is 10.6 Å². The third-order valence-electron chi connectivity index (χ3n) is 5.78. The van der Waals surface area contributed by atoms with E-state index in [2.05, 4.69) is 15.5 Å². The third kappa shape index (κ3) is 5.68. The van der Waals surface area contributed by atoms with Gasteiger partial charge in [-0.15, -0.1) is 10.2 Å². The molecule has 0 unspecified atom stereocenters. The van der Waals surface area contributed by atoms with E-state index in [0.29, 0.717) is 23.9 Å². The van der Waals surface area contributed by atoms with Crippen molar-refractivity contribution in [3.63, 3.8) is 0 Å². The number of aryl methyl sites for hydroxylation is 1. The van der Waals surface area contributed by atoms with Gasteiger partial charge < -0.3 is 9.88 Å². The van der Waals surface area contributed by atoms with Crippen LogP contribution in [0.3, 0.4) is 0 Å². The van der Waals surface area contributed by atoms with Crippen LogP contribution in [-0.2, 0) is 21.9 Å². The Hall–Kier alpha value is -2.69. The van der Waals surface area contributed by atoms with Gasteiger partial charge in [0.25, 0.3) is 0 Å². The summed E-state index contributed by atoms with van der Waals surface area (Å²) < 4.78 is 29.3. The fourth-order valence-corrected chi connectivity index (χ4v) is 6.17. The first-order valence-electron chi connectivity index (χ1n) is 11.3. The monoisotopic (exact) mass is 499 g/mol. The molecule has 180 valence electrons. The van der Waals surface area contributed by atoms with Crippen LogP contribution >= 0.6 is 11.8 Å². The third-order valence-corrected chi connectivity index (χ3v) is 8.72. The van der Waals surface area contributed by atoms with Crippen LogP contribution in [0.25, 0.3) is 11.4 Å². The first-order valence-corrected chi connectivity index (χ1v) is 13.8. The summed E-state index contributed by atoms with van der Waals surface area (Å²) in [5.41, 5.74) is 2.67. The Balaban J connectivity index is 1.35. The molecular formula is C24H29N5O3S2. The van der Waals surface area contributed by atoms with Crippen molar-refractivity contribution >= 4 is 33.4 Å². The van der Waals surface area contributed by atoms with E-state index in [-0.39, 0.29) is 16.6 Å². The maximum absolute atomic E-state index is 12.9. The second-order valence-electron chi connectivity index (χ2n) is 8.41. The molecule has 1 fully saturated rings. The summed E-state index contributed by atoms with van der Waals surface area (Å²) in [6.45, 7) is 3.15. The molecule has 1 aliphatic rings. The van der Waals surface area contributed by atoms with E-state index in [1.807, 2.05) is 42.8 Å². The number of aromatic nitrogens is 3. The van der Waals surface area contributed by atoms with Crippen molar-refractivity contribution in [2.75, 3.05) is 24.2 Å². The molecule has 3 aromatic rings. The maximum Gasteiger partial charge on any atom is 0.243 e. The number of anilines is 1. The van der Waals surface area contributed by atoms with Crippen molar-refractivity contribution in [3.05, 3.63) is 54.1 Å². The van der Waals surface area contributed by atoms with Crippen LogP contribution in [0.1, 0.15) is 31.2 Å². The Kier molecular flexibility index (Phi) is 7.70. The second-order valence-corrected chi connectivity index (χ2v) is 11.3. The standard InChI is InChI=1S/C24H29N5O3S2/c1-18-8-7-9-19(16-18)23-26-27-24(28(23)2)33-17-22(30)25-20-10-12-21(13-11-20)34(31,32)29-14-5-3-4-6-15-29/h7-13,16H,3-6,14-15,17H2,1-2H3,(H,25,30). The molecule has 10 heteroatoms. The molecule has 0 radical (unpaired) electrons. The number of thioether (sulfide) groups is 1. The topological polar surface area (TPSA) is 97.2 Å². The number of benzene rings is 2. The molecule has 34 heavy (non-hydrogen) atoms. The van der Waals surface area contributed by atoms with Gasteiger partial charge in [0, 0.05) is 31.4 Å². The molecule has 0 spiro atoms. The largest absolute Gasteiger partial charge is 0.325 e. The summed E-state index contributed by atoms with van der Waals surface area (Å²) in [6.07, 6.45) is 3.92. The highest BCUT2D eigenvalue weighted by Gasteiger charge is 2.25. The average molecular weight is 500 g/mol. The quantitative estimate of drug-likeness (QED) is 0.492. The lowest BCUT2D eigenvalue weighted by molar-refractivity contribution is -0.113. The van der Waals surface area contributed by atoms with E-state index < -0.39 is 10.0 Å². The lowest BCUT2D eigenvalue weighted by Crippen LogP contribution is -2.31. The van der Waals surface area contributed by atoms with E-state index in [0.717, 1.165) is 42.6 Å². The van der Waals surface area contributed by atoms with Crippen LogP contribution in [0, 0.1) is 6.92 Å². The molecule has 1 saturated heterocycles. The van der Waals surface area contributed by atoms with Gasteiger partial charge in [-0.1, -0.05) is 48.4 Å². The van der Waals surface area contributed by atoms with Gasteiger partial charge in [-0.25, -0.2) is 8.42 Å². The lowest BCUT2D eigenvalue weighted by atomic mass is 10.1. The predicted molar refractivity (Wildman–Crippen MR) is 134 cm³/mol. The molecule has 4 rings (SSSR count). The van der Waals surface area contributed by atoms with Crippen molar-refractivity contribution in [2.45, 2.75) is 42.7 Å². The number of hydrogen-bond acceptors (Lipinski definition) is 6. The summed E-state index contributed by atoms with van der Waals surface area (Å²) >= 11 is 1.30. The maximum atomic E-state index is 12.9. The van der Waals surface area contributed by atoms with E-state index in [4.69, 9.17) is 0 Å². The predicted octanol–water partition coefficient (Wildman–Crippen LogP) is 4.09. The molecule has 1 aromatic heterocycles. The average Bonchev–Trinajstić information content (AvgIpc) is 3.00. The number of carbonyl (C=O) groups is 1. The highest BCUT2D eigenvalue weighted by atomic mass is 32.2. The van der Waals surface area contributed by atoms with Crippen LogP contribution in [0.15, 0.2) is 58.6 Å². The summed E-state index contributed by atoms with van der Waals surface area (Å²) in [6, 6.07) is 14.4. The second kappa shape index (κ2) is 10.7. The summed E-state index contributed by atoms with van der Waals surface area (Å²) in [4.78, 5) is 12.7. The molecule has 8 nitrogen and oxygen atoms in total. The van der Waals surface area contributed by atoms with E-state index >= 15 is 0 Å². The SMILES string of the molecule is Cc1cccc(-c2nnc(SCC(=O)Nc3ccc(S(=O)(=O)N4CCCCCC4)cc3)n2C)c1. The molecular weight excluding hydrogens is 470 g/mol. The van der Waals surface area contributed by atoms with Gasteiger partial charge in [-0.2, -0.15) is 4.31 Å². The van der Waals surface area contributed by atoms with Crippen molar-refractivity contribution in [1.82, 2.24) is 19.1 Å². The van der Waals surface area contributed by atoms with Crippen LogP contribution in [0.5, 0.6) is 0 Å². The minimum absolute atomic E-state index is 0.160. The van der Waals surface area contributed by atoms with Crippen molar-refractivity contribution < 1.29 is 13.2 Å². The van der Waals surface area contributed by atoms with E-state index in [9.17, 15) is 13.2 Å². The molecule has 2 heterocycles. The summed E-state index contributed by atoms with van der Waals surface area (Å²) in [7, 11) is -1.63. The molecule has 0 aliphatic carbocycles. The van der Waals surface area contributed by atoms with Gasteiger partial charge in [0.2, 0.25) is 15.9 Å². The van der Waals surface area contributed by atoms with Gasteiger partial charge in [-0.3, -0.25) is 4.79 Å². The molecule has 0 bridgehead atoms. The minimum Gasteiger partial charge on any atom is -0.325 e. The van der Waals surface area contributed by atoms with Gasteiger partial charge in [0.1, 0.15) is 0 Å². The number of nitrogens with one attached hydrogen (secondary N) is 1. The first kappa shape index (κ1) is 24.4. The van der Waals surface area contributed by atoms with E-state index in [1.165, 1.54) is 11.8 Å². The summed E-state index contributed by atoms with van der Waals surface area (Å²) in [5, 5.41) is 11.9. The van der Waals surface area contributed by atoms with Crippen molar-refractivity contribution in [3.8, 4) is 11.4 Å². The first-order chi connectivity index (χ1) is 16.3. The molecule has 1 aliphatic heterocycles. The number of hydrogen-bond donors (Lipinski definition) is 1. The molecule has 1 N–H and O–H groups in total. The van der Waals surface area contributed by atoms with Gasteiger partial charge in [0.15, 0.2) is 11.0 Å². The smallest absolute Gasteiger partial charge is 0.243 e. The normalized spacial score (nSPS) is 15.1. The zero-order valence-electron chi connectivity index (χ0n) is 19.4. The number of rotatable bonds is 7. The van der Waals surface area contributed by atoms with Gasteiger partial charge >= 0.3 is 0 Å². The number of carbonyl (C=O) groups excluding carboxylic acids is 1. The zero-order chi connectivity index (χ0) is 24.1. The Bertz CT molecular complexity index is 1250. The van der Waals surface area contributed by atoms with E-state index in [1.54, 1.807) is 28.6 Å². The highest BCUT2D eigenvalue weighted by Crippen LogP contribution is 2.24. The fraction of sp³-hybridized carbons (Fsp3) is 0.375. The fourth-order valence-electron chi connectivity index (χ4n) is 3.94. The Morgan fingerprint density at radius 1 is 1.03 bits per heavy atom. The minimum atomic E-state index is -3.51. The number of amides is 1. The molecule has 2 aromatic carbocycles. The van der Waals surface area contributed by atoms with Crippen LogP contribution in [0.2, 0.25) is 0 Å². The highest BCUT2D eigenvalue weighted by molar-refractivity contribution is 7.99. The van der Waals surface area contributed by atoms with Crippen LogP contribution < -0.4 is 5.32 Å². The van der Waals surface area contributed by atoms with Crippen molar-refractivity contribution in [2.24, 2.45) is 7.05 Å². The number of nitrogens with zero attached hydrogens (tertiary/aromatic N) is 4. The van der Waals surface area contributed by atoms with Crippen LogP contribution in [-0.4, -0.2) is 52.2 Å². The zero-order valence-corrected chi connectivity index (χ0v) is 21.0. The molecule has 0 atom stereocenters. The molecule has 1 amide bonds. The molecule has 0 saturated carbocycles. The van der Waals surface area contributed by atoms with Crippen LogP contribution in [0.4, 0.5) is 5.69 Å². The van der Waals surface area contributed by atoms with Crippen molar-refractivity contribution in [1.29, 1.82) is 0 Å². The summed E-state index contributed by atoms with van der Waals surface area (Å²) in [5.74, 6) is 0.703. The van der Waals surface area contributed by atoms with Gasteiger partial charge in [-0.05, 0) is 50.1 Å². The number of sulfonamides is 1. The Morgan fingerprint density at radius 3 is 2.41 bits per heavy atom.